The summed E-state index contributed by atoms with van der Waals surface area (Å²) in [7, 11) is -2.21. The van der Waals surface area contributed by atoms with Crippen molar-refractivity contribution in [1.82, 2.24) is 10.0 Å². The molecule has 0 heterocycles. The Balaban J connectivity index is 1.90. The van der Waals surface area contributed by atoms with E-state index in [9.17, 15) is 13.2 Å². The summed E-state index contributed by atoms with van der Waals surface area (Å²) in [6.07, 6.45) is 0. The van der Waals surface area contributed by atoms with Gasteiger partial charge in [0, 0.05) is 22.8 Å². The van der Waals surface area contributed by atoms with Crippen LogP contribution in [0.25, 0.3) is 0 Å². The van der Waals surface area contributed by atoms with Crippen molar-refractivity contribution in [3.63, 3.8) is 0 Å². The fourth-order valence-corrected chi connectivity index (χ4v) is 3.44. The fourth-order valence-electron chi connectivity index (χ4n) is 1.87. The second-order valence-electron chi connectivity index (χ2n) is 4.65. The topological polar surface area (TPSA) is 75.3 Å². The molecular weight excluding hydrogens is 332 g/mol. The van der Waals surface area contributed by atoms with E-state index >= 15 is 0 Å². The molecule has 0 aliphatic rings. The zero-order chi connectivity index (χ0) is 16.7. The quantitative estimate of drug-likeness (QED) is 0.592. The van der Waals surface area contributed by atoms with Crippen molar-refractivity contribution in [2.75, 3.05) is 19.3 Å². The van der Waals surface area contributed by atoms with Gasteiger partial charge < -0.3 is 5.32 Å². The molecule has 0 fully saturated rings. The van der Waals surface area contributed by atoms with Crippen LogP contribution in [0.4, 0.5) is 0 Å². The third-order valence-corrected chi connectivity index (χ3v) is 5.50. The van der Waals surface area contributed by atoms with Crippen molar-refractivity contribution in [2.45, 2.75) is 9.79 Å². The molecule has 2 rings (SSSR count). The number of hydrogen-bond donors (Lipinski definition) is 2. The van der Waals surface area contributed by atoms with E-state index in [4.69, 9.17) is 0 Å². The third-order valence-electron chi connectivity index (χ3n) is 3.07. The van der Waals surface area contributed by atoms with Gasteiger partial charge in [-0.2, -0.15) is 0 Å². The molecule has 0 aliphatic heterocycles. The second kappa shape index (κ2) is 8.14. The highest BCUT2D eigenvalue weighted by Crippen LogP contribution is 2.16. The van der Waals surface area contributed by atoms with Gasteiger partial charge in [0.2, 0.25) is 10.0 Å². The highest BCUT2D eigenvalue weighted by Gasteiger charge is 2.13. The Morgan fingerprint density at radius 2 is 1.83 bits per heavy atom. The van der Waals surface area contributed by atoms with Gasteiger partial charge in [-0.15, -0.1) is 11.8 Å². The van der Waals surface area contributed by atoms with E-state index in [1.165, 1.54) is 19.2 Å². The average molecular weight is 350 g/mol. The Kier molecular flexibility index (Phi) is 6.20. The molecule has 2 aromatic rings. The minimum atomic E-state index is -3.55. The van der Waals surface area contributed by atoms with Crippen molar-refractivity contribution < 1.29 is 13.2 Å². The maximum Gasteiger partial charge on any atom is 0.251 e. The number of rotatable bonds is 7. The summed E-state index contributed by atoms with van der Waals surface area (Å²) in [6, 6.07) is 15.9. The maximum absolute atomic E-state index is 12.1. The lowest BCUT2D eigenvalue weighted by atomic mass is 10.2. The van der Waals surface area contributed by atoms with Crippen LogP contribution >= 0.6 is 11.8 Å². The van der Waals surface area contributed by atoms with Crippen LogP contribution in [0.5, 0.6) is 0 Å². The van der Waals surface area contributed by atoms with Crippen LogP contribution in [-0.4, -0.2) is 33.7 Å². The molecule has 0 aliphatic carbocycles. The first-order chi connectivity index (χ1) is 11.0. The summed E-state index contributed by atoms with van der Waals surface area (Å²) >= 11 is 1.65. The molecule has 5 nitrogen and oxygen atoms in total. The van der Waals surface area contributed by atoms with Gasteiger partial charge in [-0.3, -0.25) is 4.79 Å². The Hall–Kier alpha value is -1.83. The fraction of sp³-hybridized carbons (Fsp3) is 0.188. The number of nitrogens with one attached hydrogen (secondary N) is 2. The molecule has 0 saturated heterocycles. The predicted octanol–water partition coefficient (Wildman–Crippen LogP) is 2.12. The number of sulfonamides is 1. The zero-order valence-corrected chi connectivity index (χ0v) is 14.3. The van der Waals surface area contributed by atoms with Gasteiger partial charge in [0.15, 0.2) is 0 Å². The van der Waals surface area contributed by atoms with Gasteiger partial charge in [0.25, 0.3) is 5.91 Å². The molecule has 0 spiro atoms. The highest BCUT2D eigenvalue weighted by atomic mass is 32.2. The molecule has 2 N–H and O–H groups in total. The normalized spacial score (nSPS) is 11.2. The predicted molar refractivity (Wildman–Crippen MR) is 92.2 cm³/mol. The van der Waals surface area contributed by atoms with Crippen LogP contribution in [0.1, 0.15) is 10.4 Å². The minimum Gasteiger partial charge on any atom is -0.351 e. The number of thioether (sulfide) groups is 1. The Labute approximate surface area is 140 Å². The van der Waals surface area contributed by atoms with Crippen LogP contribution in [0.2, 0.25) is 0 Å². The maximum atomic E-state index is 12.1. The minimum absolute atomic E-state index is 0.0753. The molecule has 7 heteroatoms. The van der Waals surface area contributed by atoms with Crippen LogP contribution in [0, 0.1) is 0 Å². The molecule has 0 unspecified atom stereocenters. The van der Waals surface area contributed by atoms with Gasteiger partial charge in [-0.05, 0) is 37.4 Å². The van der Waals surface area contributed by atoms with Gasteiger partial charge in [0.1, 0.15) is 0 Å². The summed E-state index contributed by atoms with van der Waals surface area (Å²) in [6.45, 7) is 0.501. The van der Waals surface area contributed by atoms with E-state index in [1.807, 2.05) is 30.3 Å². The Bertz CT molecular complexity index is 762. The van der Waals surface area contributed by atoms with Gasteiger partial charge in [-0.25, -0.2) is 13.1 Å². The monoisotopic (exact) mass is 350 g/mol. The van der Waals surface area contributed by atoms with Crippen LogP contribution < -0.4 is 10.0 Å². The molecule has 0 atom stereocenters. The van der Waals surface area contributed by atoms with Crippen molar-refractivity contribution in [3.05, 3.63) is 60.2 Å². The van der Waals surface area contributed by atoms with Crippen molar-refractivity contribution in [1.29, 1.82) is 0 Å². The van der Waals surface area contributed by atoms with Gasteiger partial charge in [-0.1, -0.05) is 24.3 Å². The van der Waals surface area contributed by atoms with Gasteiger partial charge in [0.05, 0.1) is 4.90 Å². The number of carbonyl (C=O) groups excluding carboxylic acids is 1. The van der Waals surface area contributed by atoms with Crippen LogP contribution in [-0.2, 0) is 10.0 Å². The van der Waals surface area contributed by atoms with Crippen molar-refractivity contribution >= 4 is 27.7 Å². The van der Waals surface area contributed by atoms with Crippen molar-refractivity contribution in [3.8, 4) is 0 Å². The first-order valence-electron chi connectivity index (χ1n) is 7.02. The molecule has 0 bridgehead atoms. The SMILES string of the molecule is CNS(=O)(=O)c1cccc(C(=O)NCCSc2ccccc2)c1. The lowest BCUT2D eigenvalue weighted by Gasteiger charge is -2.07. The molecule has 0 saturated carbocycles. The summed E-state index contributed by atoms with van der Waals surface area (Å²) in [5.41, 5.74) is 0.325. The van der Waals surface area contributed by atoms with E-state index in [2.05, 4.69) is 10.0 Å². The van der Waals surface area contributed by atoms with E-state index in [-0.39, 0.29) is 10.8 Å². The van der Waals surface area contributed by atoms with E-state index < -0.39 is 10.0 Å². The average Bonchev–Trinajstić information content (AvgIpc) is 2.59. The number of amides is 1. The number of carbonyl (C=O) groups is 1. The van der Waals surface area contributed by atoms with E-state index in [1.54, 1.807) is 23.9 Å². The first-order valence-corrected chi connectivity index (χ1v) is 9.49. The van der Waals surface area contributed by atoms with Crippen LogP contribution in [0.15, 0.2) is 64.4 Å². The summed E-state index contributed by atoms with van der Waals surface area (Å²) < 4.78 is 25.7. The van der Waals surface area contributed by atoms with E-state index in [0.29, 0.717) is 12.1 Å². The first kappa shape index (κ1) is 17.5. The van der Waals surface area contributed by atoms with E-state index in [0.717, 1.165) is 10.6 Å². The summed E-state index contributed by atoms with van der Waals surface area (Å²) in [4.78, 5) is 13.3. The Morgan fingerprint density at radius 1 is 1.09 bits per heavy atom. The lowest BCUT2D eigenvalue weighted by molar-refractivity contribution is 0.0956. The molecule has 0 radical (unpaired) electrons. The van der Waals surface area contributed by atoms with Crippen molar-refractivity contribution in [2.24, 2.45) is 0 Å². The molecule has 122 valence electrons. The molecule has 1 amide bonds. The number of hydrogen-bond acceptors (Lipinski definition) is 4. The Morgan fingerprint density at radius 3 is 2.52 bits per heavy atom. The zero-order valence-electron chi connectivity index (χ0n) is 12.7. The molecule has 0 aromatic heterocycles. The largest absolute Gasteiger partial charge is 0.351 e. The van der Waals surface area contributed by atoms with Crippen LogP contribution in [0.3, 0.4) is 0 Å². The standard InChI is InChI=1S/C16H18N2O3S2/c1-17-23(20,21)15-9-5-6-13(12-15)16(19)18-10-11-22-14-7-3-2-4-8-14/h2-9,12,17H,10-11H2,1H3,(H,18,19). The summed E-state index contributed by atoms with van der Waals surface area (Å²) in [5.74, 6) is 0.455. The molecule has 23 heavy (non-hydrogen) atoms. The summed E-state index contributed by atoms with van der Waals surface area (Å²) in [5, 5.41) is 2.79. The second-order valence-corrected chi connectivity index (χ2v) is 7.71. The molecular formula is C16H18N2O3S2. The van der Waals surface area contributed by atoms with Gasteiger partial charge >= 0.3 is 0 Å². The smallest absolute Gasteiger partial charge is 0.251 e. The molecule has 2 aromatic carbocycles. The highest BCUT2D eigenvalue weighted by molar-refractivity contribution is 7.99. The number of benzene rings is 2. The third kappa shape index (κ3) is 5.09. The lowest BCUT2D eigenvalue weighted by Crippen LogP contribution is -2.26.